The molecule has 1 aromatic rings. The number of carbonyl (C=O) groups excluding carboxylic acids is 1. The molecule has 1 aromatic carbocycles. The number of hydrogen-bond donors (Lipinski definition) is 2. The van der Waals surface area contributed by atoms with Gasteiger partial charge < -0.3 is 15.2 Å². The molecular weight excluding hydrogens is 327 g/mol. The van der Waals surface area contributed by atoms with E-state index in [4.69, 9.17) is 4.74 Å². The van der Waals surface area contributed by atoms with Gasteiger partial charge in [0.25, 0.3) is 5.91 Å². The highest BCUT2D eigenvalue weighted by atomic mass is 19.4. The van der Waals surface area contributed by atoms with Crippen LogP contribution in [0.4, 0.5) is 13.2 Å². The Bertz CT molecular complexity index is 580. The van der Waals surface area contributed by atoms with Crippen molar-refractivity contribution in [2.45, 2.75) is 19.0 Å². The van der Waals surface area contributed by atoms with E-state index in [1.54, 1.807) is 0 Å². The normalized spacial score (nSPS) is 17.3. The molecule has 1 saturated heterocycles. The van der Waals surface area contributed by atoms with Crippen LogP contribution < -0.4 is 5.32 Å². The molecule has 0 spiro atoms. The van der Waals surface area contributed by atoms with E-state index in [2.05, 4.69) is 5.32 Å². The quantitative estimate of drug-likeness (QED) is 0.860. The van der Waals surface area contributed by atoms with Crippen LogP contribution in [0.1, 0.15) is 28.8 Å². The van der Waals surface area contributed by atoms with Crippen LogP contribution >= 0.6 is 0 Å². The number of nitrogens with one attached hydrogen (secondary N) is 1. The molecule has 2 N–H and O–H groups in total. The second-order valence-corrected chi connectivity index (χ2v) is 5.68. The minimum absolute atomic E-state index is 0.0547. The van der Waals surface area contributed by atoms with Crippen molar-refractivity contribution in [3.8, 4) is 0 Å². The average Bonchev–Trinajstić information content (AvgIpc) is 2.55. The predicted octanol–water partition coefficient (Wildman–Crippen LogP) is 2.56. The standard InChI is InChI=1S/C16H18F3NO4/c17-16(18,19)12-3-1-11(2-4-12)14(21)20-9-13(15(22)23)10-5-7-24-8-6-10/h1-4,10,13H,5-9H2,(H,20,21)(H,22,23). The fourth-order valence-corrected chi connectivity index (χ4v) is 2.69. The lowest BCUT2D eigenvalue weighted by molar-refractivity contribution is -0.144. The summed E-state index contributed by atoms with van der Waals surface area (Å²) in [5, 5.41) is 11.8. The lowest BCUT2D eigenvalue weighted by atomic mass is 9.86. The number of carbonyl (C=O) groups is 2. The highest BCUT2D eigenvalue weighted by Gasteiger charge is 2.31. The molecule has 0 radical (unpaired) electrons. The van der Waals surface area contributed by atoms with E-state index in [9.17, 15) is 27.9 Å². The topological polar surface area (TPSA) is 75.6 Å². The lowest BCUT2D eigenvalue weighted by Crippen LogP contribution is -2.39. The number of hydrogen-bond acceptors (Lipinski definition) is 3. The molecule has 1 heterocycles. The first-order valence-electron chi connectivity index (χ1n) is 7.55. The molecule has 8 heteroatoms. The van der Waals surface area contributed by atoms with Gasteiger partial charge in [-0.2, -0.15) is 13.2 Å². The highest BCUT2D eigenvalue weighted by molar-refractivity contribution is 5.94. The zero-order valence-corrected chi connectivity index (χ0v) is 12.8. The Balaban J connectivity index is 1.96. The van der Waals surface area contributed by atoms with Crippen molar-refractivity contribution < 1.29 is 32.6 Å². The van der Waals surface area contributed by atoms with Gasteiger partial charge in [0.1, 0.15) is 0 Å². The van der Waals surface area contributed by atoms with Crippen LogP contribution in [0.3, 0.4) is 0 Å². The van der Waals surface area contributed by atoms with Crippen molar-refractivity contribution in [3.63, 3.8) is 0 Å². The van der Waals surface area contributed by atoms with Crippen LogP contribution in [-0.2, 0) is 15.7 Å². The van der Waals surface area contributed by atoms with E-state index in [0.29, 0.717) is 26.1 Å². The average molecular weight is 345 g/mol. The summed E-state index contributed by atoms with van der Waals surface area (Å²) >= 11 is 0. The Kier molecular flexibility index (Phi) is 5.82. The summed E-state index contributed by atoms with van der Waals surface area (Å²) in [5.74, 6) is -2.44. The van der Waals surface area contributed by atoms with Crippen LogP contribution in [0.25, 0.3) is 0 Å². The van der Waals surface area contributed by atoms with Crippen molar-refractivity contribution >= 4 is 11.9 Å². The monoisotopic (exact) mass is 345 g/mol. The second-order valence-electron chi connectivity index (χ2n) is 5.68. The van der Waals surface area contributed by atoms with Crippen LogP contribution in [-0.4, -0.2) is 36.7 Å². The number of carboxylic acids is 1. The van der Waals surface area contributed by atoms with Gasteiger partial charge in [0.05, 0.1) is 11.5 Å². The molecule has 0 bridgehead atoms. The number of aliphatic carboxylic acids is 1. The first-order chi connectivity index (χ1) is 11.3. The molecule has 0 aromatic heterocycles. The van der Waals surface area contributed by atoms with Crippen LogP contribution in [0.5, 0.6) is 0 Å². The second kappa shape index (κ2) is 7.65. The van der Waals surface area contributed by atoms with Crippen LogP contribution in [0.15, 0.2) is 24.3 Å². The van der Waals surface area contributed by atoms with Crippen molar-refractivity contribution in [2.75, 3.05) is 19.8 Å². The van der Waals surface area contributed by atoms with E-state index >= 15 is 0 Å². The Morgan fingerprint density at radius 2 is 1.79 bits per heavy atom. The summed E-state index contributed by atoms with van der Waals surface area (Å²) in [7, 11) is 0. The highest BCUT2D eigenvalue weighted by Crippen LogP contribution is 2.29. The third kappa shape index (κ3) is 4.70. The third-order valence-corrected chi connectivity index (χ3v) is 4.11. The Morgan fingerprint density at radius 1 is 1.21 bits per heavy atom. The van der Waals surface area contributed by atoms with Crippen molar-refractivity contribution in [2.24, 2.45) is 11.8 Å². The maximum Gasteiger partial charge on any atom is 0.416 e. The van der Waals surface area contributed by atoms with Crippen LogP contribution in [0.2, 0.25) is 0 Å². The fourth-order valence-electron chi connectivity index (χ4n) is 2.69. The predicted molar refractivity (Wildman–Crippen MR) is 78.4 cm³/mol. The van der Waals surface area contributed by atoms with E-state index < -0.39 is 29.5 Å². The molecule has 1 aliphatic rings. The first-order valence-corrected chi connectivity index (χ1v) is 7.55. The molecule has 0 saturated carbocycles. The third-order valence-electron chi connectivity index (χ3n) is 4.11. The number of carboxylic acid groups (broad SMARTS) is 1. The van der Waals surface area contributed by atoms with Gasteiger partial charge in [0.2, 0.25) is 0 Å². The Morgan fingerprint density at radius 3 is 2.29 bits per heavy atom. The minimum atomic E-state index is -4.47. The van der Waals surface area contributed by atoms with Gasteiger partial charge in [-0.25, -0.2) is 0 Å². The van der Waals surface area contributed by atoms with Crippen molar-refractivity contribution in [3.05, 3.63) is 35.4 Å². The Hall–Kier alpha value is -2.09. The molecule has 132 valence electrons. The molecule has 2 rings (SSSR count). The summed E-state index contributed by atoms with van der Waals surface area (Å²) in [6.45, 7) is 0.905. The number of rotatable bonds is 5. The molecule has 1 atom stereocenters. The van der Waals surface area contributed by atoms with Gasteiger partial charge >= 0.3 is 12.1 Å². The number of amides is 1. The largest absolute Gasteiger partial charge is 0.481 e. The number of alkyl halides is 3. The number of ether oxygens (including phenoxy) is 1. The zero-order valence-electron chi connectivity index (χ0n) is 12.8. The Labute approximate surface area is 136 Å². The van der Waals surface area contributed by atoms with E-state index in [0.717, 1.165) is 24.3 Å². The number of benzene rings is 1. The molecule has 24 heavy (non-hydrogen) atoms. The van der Waals surface area contributed by atoms with E-state index in [1.165, 1.54) is 0 Å². The molecule has 0 aliphatic carbocycles. The molecule has 1 fully saturated rings. The summed E-state index contributed by atoms with van der Waals surface area (Å²) in [6, 6.07) is 3.79. The van der Waals surface area contributed by atoms with E-state index in [1.807, 2.05) is 0 Å². The van der Waals surface area contributed by atoms with Gasteiger partial charge in [-0.1, -0.05) is 0 Å². The van der Waals surface area contributed by atoms with Gasteiger partial charge in [-0.15, -0.1) is 0 Å². The SMILES string of the molecule is O=C(NCC(C(=O)O)C1CCOCC1)c1ccc(C(F)(F)F)cc1. The summed E-state index contributed by atoms with van der Waals surface area (Å²) in [6.07, 6.45) is -3.26. The first kappa shape index (κ1) is 18.3. The summed E-state index contributed by atoms with van der Waals surface area (Å²) < 4.78 is 42.7. The van der Waals surface area contributed by atoms with Crippen molar-refractivity contribution in [1.29, 1.82) is 0 Å². The summed E-state index contributed by atoms with van der Waals surface area (Å²) in [4.78, 5) is 23.4. The maximum atomic E-state index is 12.5. The van der Waals surface area contributed by atoms with E-state index in [-0.39, 0.29) is 18.0 Å². The molecule has 1 unspecified atom stereocenters. The molecule has 1 amide bonds. The van der Waals surface area contributed by atoms with Gasteiger partial charge in [-0.05, 0) is 43.0 Å². The lowest BCUT2D eigenvalue weighted by Gasteiger charge is -2.27. The number of halogens is 3. The zero-order chi connectivity index (χ0) is 17.7. The summed E-state index contributed by atoms with van der Waals surface area (Å²) in [5.41, 5.74) is -0.788. The van der Waals surface area contributed by atoms with Gasteiger partial charge in [0.15, 0.2) is 0 Å². The smallest absolute Gasteiger partial charge is 0.416 e. The van der Waals surface area contributed by atoms with Gasteiger partial charge in [0, 0.05) is 25.3 Å². The van der Waals surface area contributed by atoms with Crippen molar-refractivity contribution in [1.82, 2.24) is 5.32 Å². The molecule has 1 aliphatic heterocycles. The molecular formula is C16H18F3NO4. The van der Waals surface area contributed by atoms with Gasteiger partial charge in [-0.3, -0.25) is 9.59 Å². The van der Waals surface area contributed by atoms with Crippen LogP contribution in [0, 0.1) is 11.8 Å². The minimum Gasteiger partial charge on any atom is -0.481 e. The fraction of sp³-hybridized carbons (Fsp3) is 0.500. The maximum absolute atomic E-state index is 12.5. The molecule has 5 nitrogen and oxygen atoms in total.